The highest BCUT2D eigenvalue weighted by atomic mass is 32.1. The predicted octanol–water partition coefficient (Wildman–Crippen LogP) is 1.41. The maximum Gasteiger partial charge on any atom is 0.329 e. The van der Waals surface area contributed by atoms with Gasteiger partial charge in [-0.05, 0) is 30.2 Å². The number of ether oxygens (including phenoxy) is 1. The molecule has 1 aliphatic heterocycles. The molecule has 11 heteroatoms. The summed E-state index contributed by atoms with van der Waals surface area (Å²) in [5.41, 5.74) is -0.556. The number of halogens is 1. The van der Waals surface area contributed by atoms with Crippen molar-refractivity contribution in [3.05, 3.63) is 53.8 Å². The summed E-state index contributed by atoms with van der Waals surface area (Å²) in [5.74, 6) is -3.45. The fraction of sp³-hybridized carbons (Fsp3) is 0.409. The Kier molecular flexibility index (Phi) is 9.58. The molecule has 2 atom stereocenters. The standard InChI is InChI=1S/C22H27FN4O5S/c1-12(2)19-22(31)32-16(6-4-5-7-33)10-18(28)24-11-15-8-14(23)9-17(26-15)21(30)25-13(3)20(29)27-19/h4,6,8-9,12,16,19,33H,3,5,7,10-11H2,1-2H3,(H,24,28)(H,25,30)(H,27,29)/b6-4+/t16-,19+/m1/s1. The zero-order valence-electron chi connectivity index (χ0n) is 18.4. The highest BCUT2D eigenvalue weighted by molar-refractivity contribution is 7.80. The van der Waals surface area contributed by atoms with Crippen LogP contribution in [0.5, 0.6) is 0 Å². The molecule has 3 amide bonds. The van der Waals surface area contributed by atoms with E-state index in [1.165, 1.54) is 0 Å². The molecule has 0 aliphatic carbocycles. The molecular weight excluding hydrogens is 451 g/mol. The number of hydrogen-bond acceptors (Lipinski definition) is 7. The quantitative estimate of drug-likeness (QED) is 0.224. The van der Waals surface area contributed by atoms with E-state index in [2.05, 4.69) is 40.1 Å². The van der Waals surface area contributed by atoms with Gasteiger partial charge in [-0.2, -0.15) is 12.6 Å². The molecule has 1 aromatic heterocycles. The first kappa shape index (κ1) is 26.0. The van der Waals surface area contributed by atoms with Crippen LogP contribution in [0.1, 0.15) is 42.9 Å². The largest absolute Gasteiger partial charge is 0.456 e. The highest BCUT2D eigenvalue weighted by Crippen LogP contribution is 2.12. The number of allylic oxidation sites excluding steroid dienone is 1. The first-order chi connectivity index (χ1) is 15.6. The van der Waals surface area contributed by atoms with E-state index in [-0.39, 0.29) is 36.0 Å². The van der Waals surface area contributed by atoms with Crippen LogP contribution in [-0.2, 0) is 25.7 Å². The predicted molar refractivity (Wildman–Crippen MR) is 122 cm³/mol. The molecule has 33 heavy (non-hydrogen) atoms. The molecule has 178 valence electrons. The second kappa shape index (κ2) is 12.1. The first-order valence-electron chi connectivity index (χ1n) is 10.3. The zero-order valence-corrected chi connectivity index (χ0v) is 19.3. The number of esters is 1. The average molecular weight is 479 g/mol. The fourth-order valence-electron chi connectivity index (χ4n) is 2.88. The summed E-state index contributed by atoms with van der Waals surface area (Å²) in [6.45, 7) is 6.75. The first-order valence-corrected chi connectivity index (χ1v) is 11.0. The number of rotatable bonds is 4. The smallest absolute Gasteiger partial charge is 0.329 e. The van der Waals surface area contributed by atoms with E-state index in [9.17, 15) is 23.6 Å². The van der Waals surface area contributed by atoms with Gasteiger partial charge in [0.05, 0.1) is 24.4 Å². The SMILES string of the molecule is C=C1NC(=O)c2cc(F)cc(n2)CNC(=O)C[C@@H](/C=C/CCS)OC(=O)[C@H](C(C)C)NC1=O. The van der Waals surface area contributed by atoms with E-state index in [1.807, 2.05) is 0 Å². The summed E-state index contributed by atoms with van der Waals surface area (Å²) in [6.07, 6.45) is 2.80. The summed E-state index contributed by atoms with van der Waals surface area (Å²) in [5, 5.41) is 7.29. The summed E-state index contributed by atoms with van der Waals surface area (Å²) in [7, 11) is 0. The Labute approximate surface area is 196 Å². The van der Waals surface area contributed by atoms with Crippen LogP contribution in [0.15, 0.2) is 36.6 Å². The van der Waals surface area contributed by atoms with Gasteiger partial charge in [-0.1, -0.05) is 26.5 Å². The van der Waals surface area contributed by atoms with Gasteiger partial charge in [0, 0.05) is 6.07 Å². The number of fused-ring (bicyclic) bond motifs is 2. The number of hydrogen-bond donors (Lipinski definition) is 4. The van der Waals surface area contributed by atoms with Crippen molar-refractivity contribution < 1.29 is 28.3 Å². The molecule has 1 aliphatic rings. The van der Waals surface area contributed by atoms with E-state index in [0.29, 0.717) is 12.2 Å². The van der Waals surface area contributed by atoms with Gasteiger partial charge in [0.15, 0.2) is 0 Å². The molecule has 0 saturated carbocycles. The summed E-state index contributed by atoms with van der Waals surface area (Å²) < 4.78 is 19.5. The lowest BCUT2D eigenvalue weighted by atomic mass is 10.0. The van der Waals surface area contributed by atoms with Crippen molar-refractivity contribution in [2.45, 2.75) is 45.4 Å². The van der Waals surface area contributed by atoms with Gasteiger partial charge in [-0.25, -0.2) is 14.2 Å². The maximum atomic E-state index is 14.0. The topological polar surface area (TPSA) is 126 Å². The molecule has 0 radical (unpaired) electrons. The van der Waals surface area contributed by atoms with E-state index in [0.717, 1.165) is 12.1 Å². The van der Waals surface area contributed by atoms with Crippen molar-refractivity contribution in [2.24, 2.45) is 5.92 Å². The number of nitrogens with one attached hydrogen (secondary N) is 3. The molecular formula is C22H27FN4O5S. The molecule has 0 fully saturated rings. The fourth-order valence-corrected chi connectivity index (χ4v) is 3.03. The molecule has 0 spiro atoms. The van der Waals surface area contributed by atoms with Gasteiger partial charge in [-0.15, -0.1) is 0 Å². The molecule has 2 bridgehead atoms. The third-order valence-corrected chi connectivity index (χ3v) is 4.85. The van der Waals surface area contributed by atoms with Gasteiger partial charge >= 0.3 is 5.97 Å². The lowest BCUT2D eigenvalue weighted by molar-refractivity contribution is -0.153. The van der Waals surface area contributed by atoms with Crippen LogP contribution in [0.3, 0.4) is 0 Å². The van der Waals surface area contributed by atoms with E-state index in [1.54, 1.807) is 26.0 Å². The van der Waals surface area contributed by atoms with Crippen LogP contribution in [0.2, 0.25) is 0 Å². The summed E-state index contributed by atoms with van der Waals surface area (Å²) in [4.78, 5) is 54.2. The third kappa shape index (κ3) is 8.01. The highest BCUT2D eigenvalue weighted by Gasteiger charge is 2.29. The Morgan fingerprint density at radius 2 is 2.00 bits per heavy atom. The molecule has 2 rings (SSSR count). The van der Waals surface area contributed by atoms with E-state index in [4.69, 9.17) is 4.74 Å². The summed E-state index contributed by atoms with van der Waals surface area (Å²) in [6, 6.07) is 0.895. The molecule has 9 nitrogen and oxygen atoms in total. The van der Waals surface area contributed by atoms with E-state index >= 15 is 0 Å². The minimum Gasteiger partial charge on any atom is -0.456 e. The molecule has 2 heterocycles. The van der Waals surface area contributed by atoms with Gasteiger partial charge < -0.3 is 20.7 Å². The number of pyridine rings is 1. The number of nitrogens with zero attached hydrogens (tertiary/aromatic N) is 1. The molecule has 1 aromatic rings. The molecule has 0 saturated heterocycles. The normalized spacial score (nSPS) is 20.9. The van der Waals surface area contributed by atoms with Gasteiger partial charge in [0.1, 0.15) is 23.7 Å². The van der Waals surface area contributed by atoms with Crippen molar-refractivity contribution in [1.82, 2.24) is 20.9 Å². The van der Waals surface area contributed by atoms with Crippen LogP contribution < -0.4 is 16.0 Å². The number of amides is 3. The number of aromatic nitrogens is 1. The van der Waals surface area contributed by atoms with Gasteiger partial charge in [0.25, 0.3) is 11.8 Å². The Balaban J connectivity index is 2.39. The number of carbonyl (C=O) groups is 4. The second-order valence-corrected chi connectivity index (χ2v) is 8.13. The number of cyclic esters (lactones) is 1. The van der Waals surface area contributed by atoms with Gasteiger partial charge in [0.2, 0.25) is 5.91 Å². The molecule has 0 unspecified atom stereocenters. The Morgan fingerprint density at radius 1 is 1.27 bits per heavy atom. The van der Waals surface area contributed by atoms with Crippen molar-refractivity contribution in [2.75, 3.05) is 5.75 Å². The molecule has 0 aromatic carbocycles. The van der Waals surface area contributed by atoms with Crippen LogP contribution in [-0.4, -0.2) is 46.6 Å². The van der Waals surface area contributed by atoms with Crippen LogP contribution in [0.25, 0.3) is 0 Å². The Bertz CT molecular complexity index is 966. The Hall–Kier alpha value is -3.21. The van der Waals surface area contributed by atoms with Crippen molar-refractivity contribution in [1.29, 1.82) is 0 Å². The van der Waals surface area contributed by atoms with Gasteiger partial charge in [-0.3, -0.25) is 14.4 Å². The van der Waals surface area contributed by atoms with Crippen molar-refractivity contribution in [3.8, 4) is 0 Å². The van der Waals surface area contributed by atoms with Crippen molar-refractivity contribution >= 4 is 36.3 Å². The average Bonchev–Trinajstić information content (AvgIpc) is 2.74. The number of carbonyl (C=O) groups excluding carboxylic acids is 4. The number of thiol groups is 1. The lowest BCUT2D eigenvalue weighted by Gasteiger charge is -2.24. The van der Waals surface area contributed by atoms with Crippen molar-refractivity contribution in [3.63, 3.8) is 0 Å². The van der Waals surface area contributed by atoms with Crippen LogP contribution >= 0.6 is 12.6 Å². The lowest BCUT2D eigenvalue weighted by Crippen LogP contribution is -2.48. The molecule has 3 N–H and O–H groups in total. The maximum absolute atomic E-state index is 14.0. The minimum atomic E-state index is -1.07. The van der Waals surface area contributed by atoms with Crippen LogP contribution in [0, 0.1) is 11.7 Å². The minimum absolute atomic E-state index is 0.0923. The third-order valence-electron chi connectivity index (χ3n) is 4.59. The van der Waals surface area contributed by atoms with Crippen LogP contribution in [0.4, 0.5) is 4.39 Å². The Morgan fingerprint density at radius 3 is 2.67 bits per heavy atom. The second-order valence-electron chi connectivity index (χ2n) is 7.69. The van der Waals surface area contributed by atoms with E-state index < -0.39 is 41.7 Å². The zero-order chi connectivity index (χ0) is 24.5. The summed E-state index contributed by atoms with van der Waals surface area (Å²) >= 11 is 4.12. The monoisotopic (exact) mass is 478 g/mol.